The number of aryl methyl sites for hydroxylation is 2. The van der Waals surface area contributed by atoms with Crippen molar-refractivity contribution in [3.8, 4) is 16.9 Å². The Hall–Kier alpha value is -2.11. The second-order valence-electron chi connectivity index (χ2n) is 4.84. The highest BCUT2D eigenvalue weighted by atomic mass is 19.3. The van der Waals surface area contributed by atoms with Crippen molar-refractivity contribution >= 4 is 5.82 Å². The Morgan fingerprint density at radius 2 is 1.95 bits per heavy atom. The summed E-state index contributed by atoms with van der Waals surface area (Å²) in [6.45, 7) is -0.706. The lowest BCUT2D eigenvalue weighted by molar-refractivity contribution is -0.0498. The van der Waals surface area contributed by atoms with Gasteiger partial charge in [-0.2, -0.15) is 13.9 Å². The first-order chi connectivity index (χ1) is 10.0. The predicted molar refractivity (Wildman–Crippen MR) is 78.3 cm³/mol. The standard InChI is InChI=1S/C15H19F2N3O/c1-3-4-5-12-13(14(18)20(2)19-12)10-6-8-11(9-7-10)21-15(16)17/h6-9,15H,3-5,18H2,1-2H3. The maximum absolute atomic E-state index is 12.2. The van der Waals surface area contributed by atoms with E-state index in [1.165, 1.54) is 12.1 Å². The first-order valence-electron chi connectivity index (χ1n) is 6.89. The number of nitrogen functional groups attached to an aromatic ring is 1. The second-order valence-corrected chi connectivity index (χ2v) is 4.84. The molecule has 2 rings (SSSR count). The van der Waals surface area contributed by atoms with Crippen LogP contribution in [-0.4, -0.2) is 16.4 Å². The van der Waals surface area contributed by atoms with Crippen molar-refractivity contribution in [1.82, 2.24) is 9.78 Å². The number of hydrogen-bond acceptors (Lipinski definition) is 3. The summed E-state index contributed by atoms with van der Waals surface area (Å²) in [5, 5.41) is 4.44. The number of nitrogens with zero attached hydrogens (tertiary/aromatic N) is 2. The molecule has 0 saturated heterocycles. The number of aromatic nitrogens is 2. The number of hydrogen-bond donors (Lipinski definition) is 1. The summed E-state index contributed by atoms with van der Waals surface area (Å²) >= 11 is 0. The molecule has 0 unspecified atom stereocenters. The summed E-state index contributed by atoms with van der Waals surface area (Å²) < 4.78 is 30.3. The van der Waals surface area contributed by atoms with Crippen LogP contribution in [0.1, 0.15) is 25.5 Å². The van der Waals surface area contributed by atoms with Crippen LogP contribution in [-0.2, 0) is 13.5 Å². The van der Waals surface area contributed by atoms with E-state index in [9.17, 15) is 8.78 Å². The third-order valence-corrected chi connectivity index (χ3v) is 3.30. The molecule has 0 amide bonds. The summed E-state index contributed by atoms with van der Waals surface area (Å²) in [6.07, 6.45) is 2.93. The maximum atomic E-state index is 12.2. The maximum Gasteiger partial charge on any atom is 0.387 e. The fraction of sp³-hybridized carbons (Fsp3) is 0.400. The number of nitrogens with two attached hydrogens (primary N) is 1. The number of rotatable bonds is 6. The zero-order chi connectivity index (χ0) is 15.4. The topological polar surface area (TPSA) is 53.1 Å². The molecule has 1 heterocycles. The first-order valence-corrected chi connectivity index (χ1v) is 6.89. The molecule has 2 aromatic rings. The van der Waals surface area contributed by atoms with E-state index in [2.05, 4.69) is 16.8 Å². The van der Waals surface area contributed by atoms with Gasteiger partial charge in [-0.1, -0.05) is 25.5 Å². The van der Waals surface area contributed by atoms with Crippen molar-refractivity contribution in [3.63, 3.8) is 0 Å². The van der Waals surface area contributed by atoms with Gasteiger partial charge in [-0.25, -0.2) is 0 Å². The van der Waals surface area contributed by atoms with Crippen molar-refractivity contribution in [1.29, 1.82) is 0 Å². The number of benzene rings is 1. The van der Waals surface area contributed by atoms with E-state index >= 15 is 0 Å². The highest BCUT2D eigenvalue weighted by molar-refractivity contribution is 5.77. The van der Waals surface area contributed by atoms with E-state index in [0.29, 0.717) is 5.82 Å². The lowest BCUT2D eigenvalue weighted by Crippen LogP contribution is -2.01. The predicted octanol–water partition coefficient (Wildman–Crippen LogP) is 3.61. The van der Waals surface area contributed by atoms with Crippen LogP contribution in [0.4, 0.5) is 14.6 Å². The summed E-state index contributed by atoms with van der Waals surface area (Å²) in [7, 11) is 1.79. The molecule has 0 aliphatic carbocycles. The smallest absolute Gasteiger partial charge is 0.387 e. The molecule has 0 bridgehead atoms. The Kier molecular flexibility index (Phi) is 4.77. The minimum Gasteiger partial charge on any atom is -0.435 e. The number of halogens is 2. The van der Waals surface area contributed by atoms with Gasteiger partial charge in [-0.05, 0) is 30.5 Å². The quantitative estimate of drug-likeness (QED) is 0.885. The average Bonchev–Trinajstić information content (AvgIpc) is 2.72. The van der Waals surface area contributed by atoms with Gasteiger partial charge in [0.05, 0.1) is 5.69 Å². The first kappa shape index (κ1) is 15.3. The zero-order valence-corrected chi connectivity index (χ0v) is 12.1. The Bertz CT molecular complexity index is 594. The molecule has 1 aromatic heterocycles. The van der Waals surface area contributed by atoms with E-state index in [-0.39, 0.29) is 5.75 Å². The van der Waals surface area contributed by atoms with Gasteiger partial charge in [0.15, 0.2) is 0 Å². The molecule has 0 aliphatic rings. The minimum absolute atomic E-state index is 0.131. The molecule has 0 spiro atoms. The number of alkyl halides is 2. The summed E-state index contributed by atoms with van der Waals surface area (Å²) in [5.41, 5.74) is 8.73. The lowest BCUT2D eigenvalue weighted by atomic mass is 10.0. The van der Waals surface area contributed by atoms with Crippen LogP contribution in [0.15, 0.2) is 24.3 Å². The fourth-order valence-electron chi connectivity index (χ4n) is 2.23. The van der Waals surface area contributed by atoms with Gasteiger partial charge in [0.25, 0.3) is 0 Å². The van der Waals surface area contributed by atoms with Crippen LogP contribution >= 0.6 is 0 Å². The van der Waals surface area contributed by atoms with Gasteiger partial charge in [0.1, 0.15) is 11.6 Å². The molecule has 0 fully saturated rings. The van der Waals surface area contributed by atoms with Crippen molar-refractivity contribution in [2.45, 2.75) is 32.8 Å². The van der Waals surface area contributed by atoms with E-state index < -0.39 is 6.61 Å². The van der Waals surface area contributed by atoms with Crippen LogP contribution in [0, 0.1) is 0 Å². The summed E-state index contributed by atoms with van der Waals surface area (Å²) in [5.74, 6) is 0.704. The van der Waals surface area contributed by atoms with Gasteiger partial charge in [-0.15, -0.1) is 0 Å². The monoisotopic (exact) mass is 295 g/mol. The van der Waals surface area contributed by atoms with E-state index in [1.807, 2.05) is 0 Å². The van der Waals surface area contributed by atoms with E-state index in [4.69, 9.17) is 5.73 Å². The van der Waals surface area contributed by atoms with Crippen LogP contribution in [0.25, 0.3) is 11.1 Å². The SMILES string of the molecule is CCCCc1nn(C)c(N)c1-c1ccc(OC(F)F)cc1. The molecule has 0 aliphatic heterocycles. The molecular weight excluding hydrogens is 276 g/mol. The van der Waals surface area contributed by atoms with E-state index in [0.717, 1.165) is 36.1 Å². The second kappa shape index (κ2) is 6.56. The Balaban J connectivity index is 2.32. The third kappa shape index (κ3) is 3.51. The molecule has 6 heteroatoms. The highest BCUT2D eigenvalue weighted by Gasteiger charge is 2.15. The lowest BCUT2D eigenvalue weighted by Gasteiger charge is -2.07. The van der Waals surface area contributed by atoms with Crippen molar-refractivity contribution in [2.75, 3.05) is 5.73 Å². The zero-order valence-electron chi connectivity index (χ0n) is 12.1. The normalized spacial score (nSPS) is 11.1. The van der Waals surface area contributed by atoms with Gasteiger partial charge in [-0.3, -0.25) is 4.68 Å². The molecule has 2 N–H and O–H groups in total. The van der Waals surface area contributed by atoms with E-state index in [1.54, 1.807) is 23.9 Å². The summed E-state index contributed by atoms with van der Waals surface area (Å²) in [6, 6.07) is 6.47. The van der Waals surface area contributed by atoms with Crippen molar-refractivity contribution < 1.29 is 13.5 Å². The average molecular weight is 295 g/mol. The molecule has 0 atom stereocenters. The van der Waals surface area contributed by atoms with Crippen molar-refractivity contribution in [3.05, 3.63) is 30.0 Å². The van der Waals surface area contributed by atoms with Crippen LogP contribution in [0.5, 0.6) is 5.75 Å². The van der Waals surface area contributed by atoms with Gasteiger partial charge >= 0.3 is 6.61 Å². The highest BCUT2D eigenvalue weighted by Crippen LogP contribution is 2.31. The van der Waals surface area contributed by atoms with Crippen LogP contribution < -0.4 is 10.5 Å². The molecular formula is C15H19F2N3O. The van der Waals surface area contributed by atoms with Gasteiger partial charge < -0.3 is 10.5 Å². The molecule has 114 valence electrons. The Morgan fingerprint density at radius 1 is 1.29 bits per heavy atom. The molecule has 1 aromatic carbocycles. The minimum atomic E-state index is -2.82. The molecule has 4 nitrogen and oxygen atoms in total. The Labute approximate surface area is 122 Å². The number of unbranched alkanes of at least 4 members (excludes halogenated alkanes) is 1. The number of ether oxygens (including phenoxy) is 1. The van der Waals surface area contributed by atoms with Gasteiger partial charge in [0.2, 0.25) is 0 Å². The largest absolute Gasteiger partial charge is 0.435 e. The Morgan fingerprint density at radius 3 is 2.52 bits per heavy atom. The molecule has 21 heavy (non-hydrogen) atoms. The third-order valence-electron chi connectivity index (χ3n) is 3.30. The van der Waals surface area contributed by atoms with Gasteiger partial charge in [0, 0.05) is 12.6 Å². The fourth-order valence-corrected chi connectivity index (χ4v) is 2.23. The molecule has 0 radical (unpaired) electrons. The number of anilines is 1. The van der Waals surface area contributed by atoms with Crippen LogP contribution in [0.2, 0.25) is 0 Å². The molecule has 0 saturated carbocycles. The van der Waals surface area contributed by atoms with Crippen LogP contribution in [0.3, 0.4) is 0 Å². The van der Waals surface area contributed by atoms with Crippen molar-refractivity contribution in [2.24, 2.45) is 7.05 Å². The summed E-state index contributed by atoms with van der Waals surface area (Å²) in [4.78, 5) is 0.